The minimum absolute atomic E-state index is 0.0305. The Morgan fingerprint density at radius 3 is 2.74 bits per heavy atom. The molecule has 1 saturated heterocycles. The van der Waals surface area contributed by atoms with Crippen LogP contribution in [0.2, 0.25) is 0 Å². The van der Waals surface area contributed by atoms with Crippen LogP contribution in [-0.4, -0.2) is 46.5 Å². The molecule has 166 valence electrons. The predicted molar refractivity (Wildman–Crippen MR) is 116 cm³/mol. The molecule has 0 spiro atoms. The first-order chi connectivity index (χ1) is 15.0. The van der Waals surface area contributed by atoms with Gasteiger partial charge in [0.05, 0.1) is 19.8 Å². The van der Waals surface area contributed by atoms with Gasteiger partial charge in [0.15, 0.2) is 17.3 Å². The molecule has 4 rings (SSSR count). The van der Waals surface area contributed by atoms with Gasteiger partial charge in [-0.2, -0.15) is 0 Å². The molecule has 1 fully saturated rings. The number of carbonyl (C=O) groups is 1. The van der Waals surface area contributed by atoms with Gasteiger partial charge in [0.25, 0.3) is 5.56 Å². The van der Waals surface area contributed by atoms with E-state index in [4.69, 9.17) is 15.2 Å². The van der Waals surface area contributed by atoms with Crippen molar-refractivity contribution in [1.82, 2.24) is 14.5 Å². The Morgan fingerprint density at radius 1 is 1.19 bits per heavy atom. The lowest BCUT2D eigenvalue weighted by molar-refractivity contribution is 0.0920. The van der Waals surface area contributed by atoms with Crippen molar-refractivity contribution >= 4 is 11.6 Å². The van der Waals surface area contributed by atoms with Crippen LogP contribution in [0.1, 0.15) is 54.6 Å². The van der Waals surface area contributed by atoms with Gasteiger partial charge in [0, 0.05) is 19.0 Å². The highest BCUT2D eigenvalue weighted by Crippen LogP contribution is 2.37. The molecular formula is C22H28N4O5. The number of hydrogen-bond donors (Lipinski definition) is 2. The number of aromatic nitrogens is 2. The van der Waals surface area contributed by atoms with Crippen molar-refractivity contribution in [3.8, 4) is 11.5 Å². The molecule has 2 aliphatic heterocycles. The normalized spacial score (nSPS) is 18.7. The number of H-pyrrole nitrogens is 1. The Balaban J connectivity index is 1.58. The van der Waals surface area contributed by atoms with E-state index in [9.17, 15) is 14.4 Å². The molecule has 2 aliphatic rings. The predicted octanol–water partition coefficient (Wildman–Crippen LogP) is 1.71. The second-order valence-electron chi connectivity index (χ2n) is 7.98. The summed E-state index contributed by atoms with van der Waals surface area (Å²) in [6, 6.07) is 5.93. The summed E-state index contributed by atoms with van der Waals surface area (Å²) in [6.07, 6.45) is 3.33. The number of nitrogens with two attached hydrogens (primary N) is 1. The van der Waals surface area contributed by atoms with E-state index in [0.717, 1.165) is 42.9 Å². The Hall–Kier alpha value is -3.07. The van der Waals surface area contributed by atoms with E-state index in [-0.39, 0.29) is 29.8 Å². The number of nitrogens with zero attached hydrogens (tertiary/aromatic N) is 2. The average molecular weight is 428 g/mol. The molecule has 0 aliphatic carbocycles. The number of Topliss-reactive ketones (excluding diaryl/α,β-unsaturated/α-hetero) is 1. The first-order valence-corrected chi connectivity index (χ1v) is 10.8. The monoisotopic (exact) mass is 428 g/mol. The molecule has 31 heavy (non-hydrogen) atoms. The van der Waals surface area contributed by atoms with Crippen molar-refractivity contribution in [3.63, 3.8) is 0 Å². The topological polar surface area (TPSA) is 120 Å². The third-order valence-electron chi connectivity index (χ3n) is 5.83. The molecule has 1 aromatic carbocycles. The summed E-state index contributed by atoms with van der Waals surface area (Å²) >= 11 is 0. The fourth-order valence-electron chi connectivity index (χ4n) is 4.35. The zero-order valence-corrected chi connectivity index (χ0v) is 17.7. The number of anilines is 1. The van der Waals surface area contributed by atoms with Crippen molar-refractivity contribution in [1.29, 1.82) is 0 Å². The summed E-state index contributed by atoms with van der Waals surface area (Å²) in [5.74, 6) is 1.01. The first kappa shape index (κ1) is 21.2. The van der Waals surface area contributed by atoms with Gasteiger partial charge < -0.3 is 15.2 Å². The number of carbonyl (C=O) groups excluding carboxylic acids is 1. The molecule has 0 bridgehead atoms. The molecule has 9 nitrogen and oxygen atoms in total. The summed E-state index contributed by atoms with van der Waals surface area (Å²) in [6.45, 7) is 4.26. The van der Waals surface area contributed by atoms with E-state index in [2.05, 4.69) is 9.88 Å². The number of ketones is 1. The van der Waals surface area contributed by atoms with Crippen LogP contribution in [0.4, 0.5) is 5.82 Å². The molecule has 0 saturated carbocycles. The van der Waals surface area contributed by atoms with Gasteiger partial charge in [0.2, 0.25) is 0 Å². The summed E-state index contributed by atoms with van der Waals surface area (Å²) in [4.78, 5) is 41.7. The minimum atomic E-state index is -0.730. The van der Waals surface area contributed by atoms with Gasteiger partial charge >= 0.3 is 5.69 Å². The molecule has 9 heteroatoms. The molecule has 3 N–H and O–H groups in total. The first-order valence-electron chi connectivity index (χ1n) is 10.8. The number of hydrogen-bond acceptors (Lipinski definition) is 7. The van der Waals surface area contributed by atoms with E-state index < -0.39 is 11.2 Å². The number of nitrogen functional groups attached to an aromatic ring is 1. The van der Waals surface area contributed by atoms with E-state index in [0.29, 0.717) is 26.2 Å². The number of aromatic amines is 1. The average Bonchev–Trinajstić information content (AvgIpc) is 3.06. The van der Waals surface area contributed by atoms with Gasteiger partial charge in [0.1, 0.15) is 11.4 Å². The highest BCUT2D eigenvalue weighted by atomic mass is 16.5. The zero-order chi connectivity index (χ0) is 22.0. The fraction of sp³-hybridized carbons (Fsp3) is 0.500. The largest absolute Gasteiger partial charge is 0.490 e. The molecule has 0 amide bonds. The number of fused-ring (bicyclic) bond motifs is 1. The van der Waals surface area contributed by atoms with Crippen molar-refractivity contribution in [2.75, 3.05) is 32.0 Å². The maximum atomic E-state index is 13.1. The van der Waals surface area contributed by atoms with Gasteiger partial charge in [-0.05, 0) is 43.5 Å². The van der Waals surface area contributed by atoms with Crippen LogP contribution < -0.4 is 26.5 Å². The van der Waals surface area contributed by atoms with Crippen LogP contribution in [0, 0.1) is 0 Å². The summed E-state index contributed by atoms with van der Waals surface area (Å²) in [5.41, 5.74) is 5.64. The van der Waals surface area contributed by atoms with Crippen LogP contribution in [0.3, 0.4) is 0 Å². The maximum absolute atomic E-state index is 13.1. The van der Waals surface area contributed by atoms with Gasteiger partial charge in [-0.25, -0.2) is 4.79 Å². The van der Waals surface area contributed by atoms with E-state index >= 15 is 0 Å². The quantitative estimate of drug-likeness (QED) is 0.672. The second-order valence-corrected chi connectivity index (χ2v) is 7.98. The molecule has 1 unspecified atom stereocenters. The van der Waals surface area contributed by atoms with E-state index in [1.54, 1.807) is 0 Å². The third kappa shape index (κ3) is 4.23. The molecule has 1 aromatic heterocycles. The van der Waals surface area contributed by atoms with Crippen molar-refractivity contribution < 1.29 is 14.3 Å². The molecular weight excluding hydrogens is 400 g/mol. The van der Waals surface area contributed by atoms with Crippen LogP contribution in [0.15, 0.2) is 27.8 Å². The SMILES string of the molecule is CCCn1c(N)c(C(=O)CN2CCCC2c2ccc3c(c2)OCCCO3)c(=O)[nH]c1=O. The number of benzene rings is 1. The Labute approximate surface area is 179 Å². The van der Waals surface area contributed by atoms with E-state index in [1.807, 2.05) is 25.1 Å². The summed E-state index contributed by atoms with van der Waals surface area (Å²) < 4.78 is 12.8. The zero-order valence-electron chi connectivity index (χ0n) is 17.7. The third-order valence-corrected chi connectivity index (χ3v) is 5.83. The minimum Gasteiger partial charge on any atom is -0.490 e. The molecule has 3 heterocycles. The lowest BCUT2D eigenvalue weighted by Crippen LogP contribution is -2.39. The number of nitrogens with one attached hydrogen (secondary N) is 1. The highest BCUT2D eigenvalue weighted by Gasteiger charge is 2.30. The van der Waals surface area contributed by atoms with Crippen LogP contribution in [0.5, 0.6) is 11.5 Å². The Bertz CT molecular complexity index is 1090. The van der Waals surface area contributed by atoms with E-state index in [1.165, 1.54) is 4.57 Å². The van der Waals surface area contributed by atoms with Crippen molar-refractivity contribution in [2.45, 2.75) is 45.2 Å². The fourth-order valence-corrected chi connectivity index (χ4v) is 4.35. The van der Waals surface area contributed by atoms with Gasteiger partial charge in [-0.3, -0.25) is 24.0 Å². The number of ether oxygens (including phenoxy) is 2. The molecule has 0 radical (unpaired) electrons. The number of rotatable bonds is 6. The standard InChI is InChI=1S/C22H28N4O5/c1-2-8-26-20(23)19(21(28)24-22(26)29)16(27)13-25-9-3-5-15(25)14-6-7-17-18(12-14)31-11-4-10-30-17/h6-7,12,15H,2-5,8-11,13,23H2,1H3,(H,24,28,29). The summed E-state index contributed by atoms with van der Waals surface area (Å²) in [7, 11) is 0. The van der Waals surface area contributed by atoms with Gasteiger partial charge in [-0.1, -0.05) is 13.0 Å². The van der Waals surface area contributed by atoms with Crippen LogP contribution in [-0.2, 0) is 6.54 Å². The highest BCUT2D eigenvalue weighted by molar-refractivity contribution is 6.01. The maximum Gasteiger partial charge on any atom is 0.329 e. The summed E-state index contributed by atoms with van der Waals surface area (Å²) in [5, 5.41) is 0. The lowest BCUT2D eigenvalue weighted by atomic mass is 10.0. The molecule has 1 atom stereocenters. The van der Waals surface area contributed by atoms with Crippen LogP contribution >= 0.6 is 0 Å². The smallest absolute Gasteiger partial charge is 0.329 e. The molecule has 2 aromatic rings. The van der Waals surface area contributed by atoms with Crippen LogP contribution in [0.25, 0.3) is 0 Å². The Morgan fingerprint density at radius 2 is 1.97 bits per heavy atom. The van der Waals surface area contributed by atoms with Crippen molar-refractivity contribution in [2.24, 2.45) is 0 Å². The number of likely N-dealkylation sites (tertiary alicyclic amines) is 1. The van der Waals surface area contributed by atoms with Gasteiger partial charge in [-0.15, -0.1) is 0 Å². The Kier molecular flexibility index (Phi) is 6.13. The van der Waals surface area contributed by atoms with Crippen molar-refractivity contribution in [3.05, 3.63) is 50.2 Å². The second kappa shape index (κ2) is 8.97. The lowest BCUT2D eigenvalue weighted by Gasteiger charge is -2.25.